The molecule has 0 saturated carbocycles. The van der Waals surface area contributed by atoms with E-state index in [1.54, 1.807) is 38.1 Å². The highest BCUT2D eigenvalue weighted by molar-refractivity contribution is 9.10. The van der Waals surface area contributed by atoms with Crippen LogP contribution < -0.4 is 10.6 Å². The van der Waals surface area contributed by atoms with Gasteiger partial charge in [0.25, 0.3) is 5.91 Å². The van der Waals surface area contributed by atoms with E-state index in [0.717, 1.165) is 15.8 Å². The third-order valence-electron chi connectivity index (χ3n) is 6.10. The van der Waals surface area contributed by atoms with Crippen LogP contribution >= 0.6 is 38.9 Å². The molecule has 4 rings (SSSR count). The van der Waals surface area contributed by atoms with Crippen LogP contribution in [-0.4, -0.2) is 47.0 Å². The molecule has 0 fully saturated rings. The Morgan fingerprint density at radius 2 is 1.80 bits per heavy atom. The van der Waals surface area contributed by atoms with Crippen LogP contribution in [0.4, 0.5) is 24.0 Å². The molecule has 214 valence electrons. The molecule has 3 aromatic rings. The molecule has 1 aliphatic rings. The van der Waals surface area contributed by atoms with E-state index in [0.29, 0.717) is 10.2 Å². The number of ether oxygens (including phenoxy) is 2. The molecular formula is C25H23BrClF3N4O5S. The van der Waals surface area contributed by atoms with Gasteiger partial charge in [-0.1, -0.05) is 39.7 Å². The van der Waals surface area contributed by atoms with Crippen LogP contribution in [0.3, 0.4) is 0 Å². The lowest BCUT2D eigenvalue weighted by Crippen LogP contribution is -2.35. The van der Waals surface area contributed by atoms with E-state index in [1.807, 2.05) is 0 Å². The van der Waals surface area contributed by atoms with Gasteiger partial charge in [0.15, 0.2) is 11.7 Å². The number of nitrogens with one attached hydrogen (secondary N) is 2. The molecule has 9 nitrogen and oxygen atoms in total. The van der Waals surface area contributed by atoms with Gasteiger partial charge in [-0.2, -0.15) is 18.3 Å². The number of thiophene rings is 1. The number of aromatic nitrogens is 2. The van der Waals surface area contributed by atoms with Gasteiger partial charge >= 0.3 is 18.1 Å². The number of halogens is 5. The second-order valence-corrected chi connectivity index (χ2v) is 11.0. The molecule has 40 heavy (non-hydrogen) atoms. The monoisotopic (exact) mass is 662 g/mol. The first-order valence-corrected chi connectivity index (χ1v) is 14.0. The van der Waals surface area contributed by atoms with Crippen molar-refractivity contribution < 1.29 is 37.0 Å². The van der Waals surface area contributed by atoms with Gasteiger partial charge in [-0.05, 0) is 44.0 Å². The minimum atomic E-state index is -4.69. The molecule has 2 atom stereocenters. The molecule has 0 spiro atoms. The second kappa shape index (κ2) is 11.8. The van der Waals surface area contributed by atoms with Crippen molar-refractivity contribution in [3.8, 4) is 0 Å². The molecule has 1 aliphatic heterocycles. The summed E-state index contributed by atoms with van der Waals surface area (Å²) in [5, 5.41) is 8.98. The zero-order valence-corrected chi connectivity index (χ0v) is 24.5. The van der Waals surface area contributed by atoms with Crippen molar-refractivity contribution in [2.75, 3.05) is 23.8 Å². The number of carbonyl (C=O) groups excluding carboxylic acids is 3. The summed E-state index contributed by atoms with van der Waals surface area (Å²) in [6.45, 7) is 4.80. The summed E-state index contributed by atoms with van der Waals surface area (Å²) in [4.78, 5) is 38.4. The molecule has 0 radical (unpaired) electrons. The van der Waals surface area contributed by atoms with Crippen molar-refractivity contribution in [2.24, 2.45) is 0 Å². The Morgan fingerprint density at radius 3 is 2.40 bits per heavy atom. The van der Waals surface area contributed by atoms with Crippen LogP contribution in [0.5, 0.6) is 0 Å². The van der Waals surface area contributed by atoms with Crippen molar-refractivity contribution in [3.05, 3.63) is 61.0 Å². The van der Waals surface area contributed by atoms with E-state index in [-0.39, 0.29) is 45.1 Å². The van der Waals surface area contributed by atoms with E-state index in [2.05, 4.69) is 31.7 Å². The number of esters is 2. The third kappa shape index (κ3) is 5.84. The number of alkyl halides is 3. The van der Waals surface area contributed by atoms with Crippen molar-refractivity contribution in [3.63, 3.8) is 0 Å². The zero-order chi connectivity index (χ0) is 29.4. The highest BCUT2D eigenvalue weighted by atomic mass is 79.9. The van der Waals surface area contributed by atoms with Gasteiger partial charge in [-0.3, -0.25) is 4.79 Å². The SMILES string of the molecule is CCOC(=O)c1sc(NC(=O)c2nn3c(c2Cl)N[C@@H](c2ccc(Br)cc2)C[C@@H]3C(F)(F)F)c(C(=O)OCC)c1C. The van der Waals surface area contributed by atoms with Crippen LogP contribution in [0, 0.1) is 6.92 Å². The normalized spacial score (nSPS) is 16.6. The van der Waals surface area contributed by atoms with Gasteiger partial charge in [-0.15, -0.1) is 11.3 Å². The molecule has 0 bridgehead atoms. The predicted molar refractivity (Wildman–Crippen MR) is 146 cm³/mol. The summed E-state index contributed by atoms with van der Waals surface area (Å²) in [6.07, 6.45) is -5.08. The minimum Gasteiger partial charge on any atom is -0.462 e. The molecule has 2 aromatic heterocycles. The molecular weight excluding hydrogens is 641 g/mol. The molecule has 0 aliphatic carbocycles. The first-order chi connectivity index (χ1) is 18.9. The van der Waals surface area contributed by atoms with E-state index >= 15 is 0 Å². The largest absolute Gasteiger partial charge is 0.462 e. The zero-order valence-electron chi connectivity index (χ0n) is 21.3. The van der Waals surface area contributed by atoms with E-state index in [4.69, 9.17) is 21.1 Å². The summed E-state index contributed by atoms with van der Waals surface area (Å²) in [7, 11) is 0. The molecule has 0 unspecified atom stereocenters. The number of hydrogen-bond acceptors (Lipinski definition) is 8. The number of anilines is 2. The van der Waals surface area contributed by atoms with Crippen LogP contribution in [0.25, 0.3) is 0 Å². The molecule has 1 amide bonds. The van der Waals surface area contributed by atoms with Gasteiger partial charge in [0.2, 0.25) is 0 Å². The van der Waals surface area contributed by atoms with Gasteiger partial charge in [0.05, 0.1) is 24.8 Å². The smallest absolute Gasteiger partial charge is 0.410 e. The third-order valence-corrected chi connectivity index (χ3v) is 8.17. The van der Waals surface area contributed by atoms with E-state index < -0.39 is 48.2 Å². The average molecular weight is 664 g/mol. The number of benzene rings is 1. The Bertz CT molecular complexity index is 1460. The summed E-state index contributed by atoms with van der Waals surface area (Å²) in [5.41, 5.74) is 0.244. The number of fused-ring (bicyclic) bond motifs is 1. The van der Waals surface area contributed by atoms with Crippen molar-refractivity contribution in [2.45, 2.75) is 45.5 Å². The van der Waals surface area contributed by atoms with Crippen LogP contribution in [-0.2, 0) is 9.47 Å². The number of rotatable bonds is 7. The van der Waals surface area contributed by atoms with Gasteiger partial charge in [0.1, 0.15) is 20.7 Å². The fourth-order valence-corrected chi connectivity index (χ4v) is 5.87. The van der Waals surface area contributed by atoms with Gasteiger partial charge < -0.3 is 20.1 Å². The first kappa shape index (κ1) is 29.9. The quantitative estimate of drug-likeness (QED) is 0.264. The Hall–Kier alpha value is -3.10. The van der Waals surface area contributed by atoms with Crippen LogP contribution in [0.2, 0.25) is 5.02 Å². The summed E-state index contributed by atoms with van der Waals surface area (Å²) < 4.78 is 53.9. The minimum absolute atomic E-state index is 0.0277. The number of amides is 1. The number of nitrogens with zero attached hydrogens (tertiary/aromatic N) is 2. The van der Waals surface area contributed by atoms with Crippen molar-refractivity contribution in [1.29, 1.82) is 0 Å². The number of carbonyl (C=O) groups is 3. The number of hydrogen-bond donors (Lipinski definition) is 2. The lowest BCUT2D eigenvalue weighted by molar-refractivity contribution is -0.173. The predicted octanol–water partition coefficient (Wildman–Crippen LogP) is 6.93. The lowest BCUT2D eigenvalue weighted by Gasteiger charge is -2.33. The van der Waals surface area contributed by atoms with E-state index in [1.165, 1.54) is 6.92 Å². The highest BCUT2D eigenvalue weighted by Crippen LogP contribution is 2.46. The summed E-state index contributed by atoms with van der Waals surface area (Å²) in [6, 6.07) is 3.95. The Morgan fingerprint density at radius 1 is 1.18 bits per heavy atom. The lowest BCUT2D eigenvalue weighted by atomic mass is 9.97. The summed E-state index contributed by atoms with van der Waals surface area (Å²) >= 11 is 10.5. The Balaban J connectivity index is 1.72. The van der Waals surface area contributed by atoms with Crippen molar-refractivity contribution in [1.82, 2.24) is 9.78 Å². The fraction of sp³-hybridized carbons (Fsp3) is 0.360. The summed E-state index contributed by atoms with van der Waals surface area (Å²) in [5.74, 6) is -2.65. The Kier molecular flexibility index (Phi) is 8.80. The fourth-order valence-electron chi connectivity index (χ4n) is 4.25. The van der Waals surface area contributed by atoms with Gasteiger partial charge in [0, 0.05) is 10.9 Å². The van der Waals surface area contributed by atoms with Crippen LogP contribution in [0.15, 0.2) is 28.7 Å². The molecule has 15 heteroatoms. The first-order valence-electron chi connectivity index (χ1n) is 12.0. The molecule has 0 saturated heterocycles. The standard InChI is InChI=1S/C25H23BrClF3N4O5S/c1-4-38-23(36)16-11(3)19(24(37)39-5-2)40-22(16)32-21(35)18-17(27)20-31-14(12-6-8-13(26)9-7-12)10-15(25(28,29)30)34(20)33-18/h6-9,14-15,31H,4-5,10H2,1-3H3,(H,32,35)/t14-,15-/m1/s1. The topological polar surface area (TPSA) is 112 Å². The van der Waals surface area contributed by atoms with Crippen LogP contribution in [0.1, 0.15) is 74.0 Å². The molecule has 2 N–H and O–H groups in total. The maximum atomic E-state index is 14.1. The van der Waals surface area contributed by atoms with Gasteiger partial charge in [-0.25, -0.2) is 14.3 Å². The maximum absolute atomic E-state index is 14.1. The maximum Gasteiger partial charge on any atom is 0.410 e. The van der Waals surface area contributed by atoms with E-state index in [9.17, 15) is 27.6 Å². The average Bonchev–Trinajstić information content (AvgIpc) is 3.40. The van der Waals surface area contributed by atoms with Crippen molar-refractivity contribution >= 4 is 67.5 Å². The highest BCUT2D eigenvalue weighted by Gasteiger charge is 2.48. The Labute approximate surface area is 244 Å². The molecule has 3 heterocycles. The molecule has 1 aromatic carbocycles. The second-order valence-electron chi connectivity index (χ2n) is 8.65.